The van der Waals surface area contributed by atoms with Crippen LogP contribution in [0.1, 0.15) is 48.3 Å². The molecule has 2 rings (SSSR count). The van der Waals surface area contributed by atoms with Gasteiger partial charge in [-0.05, 0) is 12.8 Å². The number of carboxylic acid groups (broad SMARTS) is 1. The lowest BCUT2D eigenvalue weighted by Crippen LogP contribution is -2.35. The van der Waals surface area contributed by atoms with Crippen LogP contribution in [-0.4, -0.2) is 50.0 Å². The lowest BCUT2D eigenvalue weighted by atomic mass is 10.2. The van der Waals surface area contributed by atoms with Crippen LogP contribution in [0.5, 0.6) is 0 Å². The van der Waals surface area contributed by atoms with Crippen molar-refractivity contribution >= 4 is 11.9 Å². The zero-order valence-electron chi connectivity index (χ0n) is 11.3. The molecule has 1 fully saturated rings. The zero-order valence-corrected chi connectivity index (χ0v) is 11.3. The first kappa shape index (κ1) is 15.3. The van der Waals surface area contributed by atoms with Crippen molar-refractivity contribution in [3.05, 3.63) is 11.4 Å². The summed E-state index contributed by atoms with van der Waals surface area (Å²) in [7, 11) is 0. The van der Waals surface area contributed by atoms with Crippen molar-refractivity contribution in [2.75, 3.05) is 13.1 Å². The number of aromatic nitrogens is 3. The van der Waals surface area contributed by atoms with Crippen LogP contribution in [0.2, 0.25) is 0 Å². The summed E-state index contributed by atoms with van der Waals surface area (Å²) >= 11 is 0. The summed E-state index contributed by atoms with van der Waals surface area (Å²) in [6.07, 6.45) is 0.788. The maximum Gasteiger partial charge on any atom is 0.358 e. The number of carbonyl (C=O) groups excluding carboxylic acids is 1. The lowest BCUT2D eigenvalue weighted by molar-refractivity contribution is -0.132. The first-order valence-corrected chi connectivity index (χ1v) is 6.73. The minimum absolute atomic E-state index is 0.347. The summed E-state index contributed by atoms with van der Waals surface area (Å²) in [6.45, 7) is 0.757. The number of halogens is 2. The van der Waals surface area contributed by atoms with E-state index in [0.717, 1.165) is 25.7 Å². The molecule has 1 aromatic heterocycles. The van der Waals surface area contributed by atoms with Gasteiger partial charge in [-0.1, -0.05) is 18.1 Å². The number of carboxylic acids is 1. The SMILES string of the molecule is O=C(O)c1nnn(CC(=O)N2CCCCCC2)c1C(F)F. The Kier molecular flexibility index (Phi) is 4.81. The van der Waals surface area contributed by atoms with Gasteiger partial charge in [0, 0.05) is 13.1 Å². The lowest BCUT2D eigenvalue weighted by Gasteiger charge is -2.20. The van der Waals surface area contributed by atoms with Gasteiger partial charge in [0.05, 0.1) is 0 Å². The van der Waals surface area contributed by atoms with Gasteiger partial charge in [-0.15, -0.1) is 5.10 Å². The second-order valence-corrected chi connectivity index (χ2v) is 4.88. The molecule has 0 radical (unpaired) electrons. The quantitative estimate of drug-likeness (QED) is 0.906. The van der Waals surface area contributed by atoms with Crippen LogP contribution in [0.15, 0.2) is 0 Å². The molecule has 1 aliphatic rings. The van der Waals surface area contributed by atoms with Crippen LogP contribution < -0.4 is 0 Å². The van der Waals surface area contributed by atoms with Crippen LogP contribution in [0, 0.1) is 0 Å². The molecule has 1 amide bonds. The topological polar surface area (TPSA) is 88.3 Å². The minimum Gasteiger partial charge on any atom is -0.476 e. The number of hydrogen-bond acceptors (Lipinski definition) is 4. The van der Waals surface area contributed by atoms with E-state index in [1.54, 1.807) is 4.90 Å². The van der Waals surface area contributed by atoms with Crippen molar-refractivity contribution in [2.24, 2.45) is 0 Å². The van der Waals surface area contributed by atoms with Gasteiger partial charge in [0.15, 0.2) is 5.69 Å². The molecule has 0 aliphatic carbocycles. The highest BCUT2D eigenvalue weighted by atomic mass is 19.3. The Bertz CT molecular complexity index is 525. The molecule has 0 saturated carbocycles. The predicted molar refractivity (Wildman–Crippen MR) is 67.0 cm³/mol. The fraction of sp³-hybridized carbons (Fsp3) is 0.667. The second kappa shape index (κ2) is 6.59. The van der Waals surface area contributed by atoms with Crippen LogP contribution >= 0.6 is 0 Å². The Balaban J connectivity index is 2.15. The summed E-state index contributed by atoms with van der Waals surface area (Å²) in [5, 5.41) is 15.4. The summed E-state index contributed by atoms with van der Waals surface area (Å²) in [4.78, 5) is 24.5. The number of aromatic carboxylic acids is 1. The van der Waals surface area contributed by atoms with E-state index in [1.807, 2.05) is 0 Å². The predicted octanol–water partition coefficient (Wildman–Crippen LogP) is 1.32. The van der Waals surface area contributed by atoms with E-state index in [1.165, 1.54) is 0 Å². The van der Waals surface area contributed by atoms with E-state index in [4.69, 9.17) is 5.11 Å². The largest absolute Gasteiger partial charge is 0.476 e. The molecule has 9 heteroatoms. The van der Waals surface area contributed by atoms with Crippen molar-refractivity contribution in [1.82, 2.24) is 19.9 Å². The van der Waals surface area contributed by atoms with Gasteiger partial charge >= 0.3 is 5.97 Å². The number of carbonyl (C=O) groups is 2. The third-order valence-electron chi connectivity index (χ3n) is 3.43. The summed E-state index contributed by atoms with van der Waals surface area (Å²) in [5.74, 6) is -1.93. The van der Waals surface area contributed by atoms with Gasteiger partial charge in [0.2, 0.25) is 5.91 Å². The first-order chi connectivity index (χ1) is 10.0. The molecule has 1 aromatic rings. The fourth-order valence-electron chi connectivity index (χ4n) is 2.35. The van der Waals surface area contributed by atoms with E-state index < -0.39 is 30.3 Å². The molecule has 0 aromatic carbocycles. The van der Waals surface area contributed by atoms with Gasteiger partial charge in [-0.2, -0.15) is 0 Å². The van der Waals surface area contributed by atoms with Gasteiger partial charge in [0.25, 0.3) is 6.43 Å². The maximum atomic E-state index is 13.0. The highest BCUT2D eigenvalue weighted by Crippen LogP contribution is 2.21. The molecule has 21 heavy (non-hydrogen) atoms. The molecule has 116 valence electrons. The molecule has 0 unspecified atom stereocenters. The Hall–Kier alpha value is -2.06. The van der Waals surface area contributed by atoms with E-state index >= 15 is 0 Å². The maximum absolute atomic E-state index is 13.0. The number of rotatable bonds is 4. The minimum atomic E-state index is -3.05. The zero-order chi connectivity index (χ0) is 15.4. The van der Waals surface area contributed by atoms with Gasteiger partial charge in [0.1, 0.15) is 12.2 Å². The number of nitrogens with zero attached hydrogens (tertiary/aromatic N) is 4. The number of likely N-dealkylation sites (tertiary alicyclic amines) is 1. The molecule has 0 spiro atoms. The molecule has 0 atom stereocenters. The molecule has 1 aliphatic heterocycles. The van der Waals surface area contributed by atoms with Crippen molar-refractivity contribution in [3.8, 4) is 0 Å². The van der Waals surface area contributed by atoms with Crippen molar-refractivity contribution in [2.45, 2.75) is 38.7 Å². The van der Waals surface area contributed by atoms with Gasteiger partial charge in [-0.25, -0.2) is 18.3 Å². The third-order valence-corrected chi connectivity index (χ3v) is 3.43. The number of hydrogen-bond donors (Lipinski definition) is 1. The Morgan fingerprint density at radius 3 is 2.33 bits per heavy atom. The molecule has 1 saturated heterocycles. The second-order valence-electron chi connectivity index (χ2n) is 4.88. The Morgan fingerprint density at radius 2 is 1.81 bits per heavy atom. The van der Waals surface area contributed by atoms with E-state index in [2.05, 4.69) is 10.3 Å². The molecular weight excluding hydrogens is 286 g/mol. The smallest absolute Gasteiger partial charge is 0.358 e. The fourth-order valence-corrected chi connectivity index (χ4v) is 2.35. The molecule has 2 heterocycles. The standard InChI is InChI=1S/C12H16F2N4O3/c13-11(14)10-9(12(20)21)15-16-18(10)7-8(19)17-5-3-1-2-4-6-17/h11H,1-7H2,(H,20,21). The summed E-state index contributed by atoms with van der Waals surface area (Å²) in [5.41, 5.74) is -1.64. The average molecular weight is 302 g/mol. The summed E-state index contributed by atoms with van der Waals surface area (Å²) < 4.78 is 26.6. The van der Waals surface area contributed by atoms with Gasteiger partial charge in [-0.3, -0.25) is 4.79 Å². The van der Waals surface area contributed by atoms with Crippen LogP contribution in [-0.2, 0) is 11.3 Å². The molecular formula is C12H16F2N4O3. The van der Waals surface area contributed by atoms with Crippen LogP contribution in [0.25, 0.3) is 0 Å². The molecule has 1 N–H and O–H groups in total. The number of alkyl halides is 2. The first-order valence-electron chi connectivity index (χ1n) is 6.73. The Labute approximate surface area is 119 Å². The van der Waals surface area contributed by atoms with E-state index in [-0.39, 0.29) is 5.91 Å². The van der Waals surface area contributed by atoms with Crippen LogP contribution in [0.3, 0.4) is 0 Å². The average Bonchev–Trinajstić information content (AvgIpc) is 2.67. The highest BCUT2D eigenvalue weighted by molar-refractivity contribution is 5.86. The van der Waals surface area contributed by atoms with E-state index in [9.17, 15) is 18.4 Å². The molecule has 0 bridgehead atoms. The summed E-state index contributed by atoms with van der Waals surface area (Å²) in [6, 6.07) is 0. The van der Waals surface area contributed by atoms with Crippen LogP contribution in [0.4, 0.5) is 8.78 Å². The highest BCUT2D eigenvalue weighted by Gasteiger charge is 2.28. The van der Waals surface area contributed by atoms with Crippen molar-refractivity contribution in [3.63, 3.8) is 0 Å². The normalized spacial score (nSPS) is 16.0. The molecule has 7 nitrogen and oxygen atoms in total. The van der Waals surface area contributed by atoms with Gasteiger partial charge < -0.3 is 10.0 Å². The van der Waals surface area contributed by atoms with Crippen molar-refractivity contribution in [1.29, 1.82) is 0 Å². The monoisotopic (exact) mass is 302 g/mol. The Morgan fingerprint density at radius 1 is 1.19 bits per heavy atom. The number of amides is 1. The van der Waals surface area contributed by atoms with E-state index in [0.29, 0.717) is 17.8 Å². The third kappa shape index (κ3) is 3.53. The van der Waals surface area contributed by atoms with Crippen molar-refractivity contribution < 1.29 is 23.5 Å².